The van der Waals surface area contributed by atoms with Gasteiger partial charge in [0.15, 0.2) is 0 Å². The number of aromatic nitrogens is 1. The van der Waals surface area contributed by atoms with Crippen LogP contribution in [0.25, 0.3) is 0 Å². The highest BCUT2D eigenvalue weighted by Gasteiger charge is 2.27. The van der Waals surface area contributed by atoms with Crippen LogP contribution in [0.5, 0.6) is 0 Å². The molecule has 1 fully saturated rings. The average Bonchev–Trinajstić information content (AvgIpc) is 3.10. The van der Waals surface area contributed by atoms with Crippen LogP contribution in [-0.2, 0) is 4.74 Å². The number of hydrogen-bond donors (Lipinski definition) is 1. The first-order valence-electron chi connectivity index (χ1n) is 8.17. The lowest BCUT2D eigenvalue weighted by molar-refractivity contribution is 0.0908. The summed E-state index contributed by atoms with van der Waals surface area (Å²) in [5.74, 6) is 0.530. The molecule has 6 heteroatoms. The number of carbonyl (C=O) groups excluding carboxylic acids is 1. The molecule has 1 amide bonds. The molecule has 3 rings (SSSR count). The van der Waals surface area contributed by atoms with E-state index in [1.807, 2.05) is 24.3 Å². The van der Waals surface area contributed by atoms with Gasteiger partial charge in [-0.25, -0.2) is 4.98 Å². The third-order valence-electron chi connectivity index (χ3n) is 4.03. The van der Waals surface area contributed by atoms with E-state index in [2.05, 4.69) is 37.7 Å². The first-order valence-corrected chi connectivity index (χ1v) is 8.96. The maximum Gasteiger partial charge on any atom is 0.259 e. The van der Waals surface area contributed by atoms with Crippen molar-refractivity contribution in [2.24, 2.45) is 0 Å². The predicted octanol–water partition coefficient (Wildman–Crippen LogP) is 3.88. The Labute approximate surface area is 155 Å². The van der Waals surface area contributed by atoms with Crippen LogP contribution in [0.15, 0.2) is 59.7 Å². The molecule has 2 aromatic rings. The fourth-order valence-electron chi connectivity index (χ4n) is 2.82. The molecule has 0 spiro atoms. The number of rotatable bonds is 6. The van der Waals surface area contributed by atoms with Crippen molar-refractivity contribution < 1.29 is 9.53 Å². The van der Waals surface area contributed by atoms with Gasteiger partial charge in [-0.3, -0.25) is 4.79 Å². The lowest BCUT2D eigenvalue weighted by Crippen LogP contribution is -2.26. The van der Waals surface area contributed by atoms with Crippen molar-refractivity contribution in [2.45, 2.75) is 12.5 Å². The number of hydrogen-bond acceptors (Lipinski definition) is 4. The largest absolute Gasteiger partial charge is 0.372 e. The highest BCUT2D eigenvalue weighted by atomic mass is 79.9. The zero-order chi connectivity index (χ0) is 17.6. The van der Waals surface area contributed by atoms with E-state index in [4.69, 9.17) is 4.74 Å². The summed E-state index contributed by atoms with van der Waals surface area (Å²) in [5.41, 5.74) is 1.31. The maximum atomic E-state index is 12.7. The molecule has 1 unspecified atom stereocenters. The first kappa shape index (κ1) is 17.6. The number of carbonyl (C=O) groups is 1. The molecule has 0 saturated carbocycles. The van der Waals surface area contributed by atoms with E-state index in [-0.39, 0.29) is 12.0 Å². The molecule has 2 heterocycles. The Morgan fingerprint density at radius 3 is 2.96 bits per heavy atom. The SMILES string of the molecule is C=CCOC1CCN(c2ncccc2C(=O)Nc2ccc(Br)cc2)C1. The minimum absolute atomic E-state index is 0.141. The van der Waals surface area contributed by atoms with Crippen molar-refractivity contribution in [3.8, 4) is 0 Å². The van der Waals surface area contributed by atoms with Gasteiger partial charge in [-0.05, 0) is 42.8 Å². The summed E-state index contributed by atoms with van der Waals surface area (Å²) in [6.45, 7) is 5.76. The van der Waals surface area contributed by atoms with E-state index in [9.17, 15) is 4.79 Å². The van der Waals surface area contributed by atoms with E-state index < -0.39 is 0 Å². The third kappa shape index (κ3) is 4.46. The summed E-state index contributed by atoms with van der Waals surface area (Å²) < 4.78 is 6.69. The van der Waals surface area contributed by atoms with Crippen molar-refractivity contribution in [1.82, 2.24) is 4.98 Å². The molecule has 130 valence electrons. The molecule has 1 saturated heterocycles. The lowest BCUT2D eigenvalue weighted by atomic mass is 10.2. The van der Waals surface area contributed by atoms with Crippen LogP contribution in [0, 0.1) is 0 Å². The molecule has 1 aliphatic rings. The molecule has 5 nitrogen and oxygen atoms in total. The molecule has 1 aromatic heterocycles. The fourth-order valence-corrected chi connectivity index (χ4v) is 3.08. The molecular weight excluding hydrogens is 382 g/mol. The van der Waals surface area contributed by atoms with Gasteiger partial charge in [0.25, 0.3) is 5.91 Å². The summed E-state index contributed by atoms with van der Waals surface area (Å²) in [7, 11) is 0. The van der Waals surface area contributed by atoms with Gasteiger partial charge in [0, 0.05) is 29.4 Å². The van der Waals surface area contributed by atoms with Crippen LogP contribution in [0.4, 0.5) is 11.5 Å². The van der Waals surface area contributed by atoms with Crippen molar-refractivity contribution in [1.29, 1.82) is 0 Å². The smallest absolute Gasteiger partial charge is 0.259 e. The van der Waals surface area contributed by atoms with E-state index in [1.165, 1.54) is 0 Å². The van der Waals surface area contributed by atoms with Gasteiger partial charge >= 0.3 is 0 Å². The van der Waals surface area contributed by atoms with Gasteiger partial charge in [-0.2, -0.15) is 0 Å². The monoisotopic (exact) mass is 401 g/mol. The molecule has 25 heavy (non-hydrogen) atoms. The van der Waals surface area contributed by atoms with Crippen molar-refractivity contribution in [3.05, 3.63) is 65.3 Å². The number of halogens is 1. The van der Waals surface area contributed by atoms with Crippen LogP contribution in [0.3, 0.4) is 0 Å². The van der Waals surface area contributed by atoms with Gasteiger partial charge in [-0.1, -0.05) is 22.0 Å². The van der Waals surface area contributed by atoms with E-state index in [0.717, 1.165) is 29.7 Å². The number of nitrogens with one attached hydrogen (secondary N) is 1. The van der Waals surface area contributed by atoms with Crippen LogP contribution in [-0.4, -0.2) is 36.7 Å². The molecule has 0 radical (unpaired) electrons. The predicted molar refractivity (Wildman–Crippen MR) is 103 cm³/mol. The molecule has 1 aromatic carbocycles. The molecular formula is C19H20BrN3O2. The summed E-state index contributed by atoms with van der Waals surface area (Å²) in [6.07, 6.45) is 4.52. The number of benzene rings is 1. The Kier molecular flexibility index (Phi) is 5.83. The van der Waals surface area contributed by atoms with Gasteiger partial charge in [0.05, 0.1) is 18.3 Å². The molecule has 0 bridgehead atoms. The Morgan fingerprint density at radius 1 is 1.40 bits per heavy atom. The Bertz CT molecular complexity index is 749. The summed E-state index contributed by atoms with van der Waals surface area (Å²) in [5, 5.41) is 2.92. The number of ether oxygens (including phenoxy) is 1. The third-order valence-corrected chi connectivity index (χ3v) is 4.56. The summed E-state index contributed by atoms with van der Waals surface area (Å²) in [6, 6.07) is 11.1. The fraction of sp³-hybridized carbons (Fsp3) is 0.263. The highest BCUT2D eigenvalue weighted by molar-refractivity contribution is 9.10. The first-order chi connectivity index (χ1) is 12.2. The number of anilines is 2. The lowest BCUT2D eigenvalue weighted by Gasteiger charge is -2.20. The zero-order valence-electron chi connectivity index (χ0n) is 13.8. The number of amides is 1. The van der Waals surface area contributed by atoms with E-state index in [1.54, 1.807) is 24.4 Å². The second-order valence-electron chi connectivity index (χ2n) is 5.81. The zero-order valence-corrected chi connectivity index (χ0v) is 15.4. The van der Waals surface area contributed by atoms with Crippen LogP contribution in [0.1, 0.15) is 16.8 Å². The Balaban J connectivity index is 1.73. The van der Waals surface area contributed by atoms with E-state index in [0.29, 0.717) is 18.0 Å². The normalized spacial score (nSPS) is 16.7. The van der Waals surface area contributed by atoms with E-state index >= 15 is 0 Å². The van der Waals surface area contributed by atoms with Crippen LogP contribution < -0.4 is 10.2 Å². The quantitative estimate of drug-likeness (QED) is 0.746. The topological polar surface area (TPSA) is 54.5 Å². The van der Waals surface area contributed by atoms with Crippen molar-refractivity contribution in [3.63, 3.8) is 0 Å². The molecule has 1 N–H and O–H groups in total. The molecule has 1 atom stereocenters. The number of nitrogens with zero attached hydrogens (tertiary/aromatic N) is 2. The van der Waals surface area contributed by atoms with Gasteiger partial charge in [0.1, 0.15) is 5.82 Å². The Hall–Kier alpha value is -2.18. The number of pyridine rings is 1. The second-order valence-corrected chi connectivity index (χ2v) is 6.73. The molecule has 0 aliphatic carbocycles. The maximum absolute atomic E-state index is 12.7. The second kappa shape index (κ2) is 8.27. The summed E-state index contributed by atoms with van der Waals surface area (Å²) >= 11 is 3.39. The van der Waals surface area contributed by atoms with Gasteiger partial charge in [0.2, 0.25) is 0 Å². The van der Waals surface area contributed by atoms with Crippen molar-refractivity contribution >= 4 is 33.3 Å². The van der Waals surface area contributed by atoms with Gasteiger partial charge < -0.3 is 15.0 Å². The summed E-state index contributed by atoms with van der Waals surface area (Å²) in [4.78, 5) is 19.2. The highest BCUT2D eigenvalue weighted by Crippen LogP contribution is 2.24. The van der Waals surface area contributed by atoms with Crippen LogP contribution >= 0.6 is 15.9 Å². The minimum atomic E-state index is -0.166. The van der Waals surface area contributed by atoms with Crippen LogP contribution in [0.2, 0.25) is 0 Å². The average molecular weight is 402 g/mol. The van der Waals surface area contributed by atoms with Crippen molar-refractivity contribution in [2.75, 3.05) is 29.9 Å². The standard InChI is InChI=1S/C19H20BrN3O2/c1-2-12-25-16-9-11-23(13-16)18-17(4-3-10-21-18)19(24)22-15-7-5-14(20)6-8-15/h2-8,10,16H,1,9,11-13H2,(H,22,24). The van der Waals surface area contributed by atoms with Gasteiger partial charge in [-0.15, -0.1) is 6.58 Å². The Morgan fingerprint density at radius 2 is 2.20 bits per heavy atom. The minimum Gasteiger partial charge on any atom is -0.372 e. The molecule has 1 aliphatic heterocycles.